The summed E-state index contributed by atoms with van der Waals surface area (Å²) in [5.41, 5.74) is 0.852. The lowest BCUT2D eigenvalue weighted by Crippen LogP contribution is -2.30. The smallest absolute Gasteiger partial charge is 0.257 e. The minimum absolute atomic E-state index is 0.148. The van der Waals surface area contributed by atoms with E-state index in [1.54, 1.807) is 22.8 Å². The summed E-state index contributed by atoms with van der Waals surface area (Å²) in [5.74, 6) is -2.95. The van der Waals surface area contributed by atoms with E-state index in [4.69, 9.17) is 0 Å². The fourth-order valence-corrected chi connectivity index (χ4v) is 3.49. The van der Waals surface area contributed by atoms with Crippen LogP contribution >= 0.6 is 11.3 Å². The lowest BCUT2D eigenvalue weighted by Gasteiger charge is -2.07. The van der Waals surface area contributed by atoms with Crippen LogP contribution in [0.5, 0.6) is 0 Å². The number of rotatable bonds is 6. The lowest BCUT2D eigenvalue weighted by atomic mass is 10.2. The van der Waals surface area contributed by atoms with Gasteiger partial charge in [0.2, 0.25) is 10.1 Å². The van der Waals surface area contributed by atoms with Gasteiger partial charge in [0, 0.05) is 18.7 Å². The van der Waals surface area contributed by atoms with Crippen molar-refractivity contribution in [1.82, 2.24) is 19.9 Å². The molecular formula is C19H14F3N5OS. The van der Waals surface area contributed by atoms with E-state index in [-0.39, 0.29) is 12.4 Å². The highest BCUT2D eigenvalue weighted by atomic mass is 32.1. The maximum Gasteiger partial charge on any atom is 0.257 e. The van der Waals surface area contributed by atoms with Crippen LogP contribution in [0.1, 0.15) is 10.4 Å². The van der Waals surface area contributed by atoms with Crippen molar-refractivity contribution in [3.63, 3.8) is 0 Å². The third-order valence-corrected chi connectivity index (χ3v) is 4.94. The predicted octanol–water partition coefficient (Wildman–Crippen LogP) is 3.72. The van der Waals surface area contributed by atoms with Gasteiger partial charge in [0.05, 0.1) is 11.9 Å². The van der Waals surface area contributed by atoms with Crippen molar-refractivity contribution in [3.8, 4) is 11.3 Å². The molecule has 0 saturated carbocycles. The normalized spacial score (nSPS) is 11.0. The fraction of sp³-hybridized carbons (Fsp3) is 0.105. The van der Waals surface area contributed by atoms with Crippen molar-refractivity contribution < 1.29 is 18.0 Å². The molecule has 29 heavy (non-hydrogen) atoms. The Kier molecular flexibility index (Phi) is 5.17. The SMILES string of the molecule is O=C(NCCNc1nn2cc(-c3ccc(F)cc3)nc2s1)c1c(F)cccc1F. The number of hydrogen-bond donors (Lipinski definition) is 2. The minimum Gasteiger partial charge on any atom is -0.358 e. The van der Waals surface area contributed by atoms with E-state index in [1.807, 2.05) is 0 Å². The minimum atomic E-state index is -0.909. The maximum absolute atomic E-state index is 13.6. The van der Waals surface area contributed by atoms with Crippen molar-refractivity contribution in [3.05, 3.63) is 71.7 Å². The van der Waals surface area contributed by atoms with E-state index in [2.05, 4.69) is 20.7 Å². The number of carbonyl (C=O) groups is 1. The van der Waals surface area contributed by atoms with Crippen molar-refractivity contribution in [2.24, 2.45) is 0 Å². The first-order chi connectivity index (χ1) is 14.0. The number of nitrogens with one attached hydrogen (secondary N) is 2. The zero-order valence-electron chi connectivity index (χ0n) is 14.8. The molecule has 0 saturated heterocycles. The molecule has 0 atom stereocenters. The van der Waals surface area contributed by atoms with Gasteiger partial charge in [-0.25, -0.2) is 22.7 Å². The van der Waals surface area contributed by atoms with Crippen LogP contribution in [0, 0.1) is 17.5 Å². The van der Waals surface area contributed by atoms with E-state index in [1.165, 1.54) is 29.5 Å². The molecule has 0 aliphatic rings. The molecule has 0 bridgehead atoms. The molecule has 0 fully saturated rings. The second-order valence-corrected chi connectivity index (χ2v) is 7.00. The predicted molar refractivity (Wildman–Crippen MR) is 103 cm³/mol. The molecule has 148 valence electrons. The highest BCUT2D eigenvalue weighted by molar-refractivity contribution is 7.20. The maximum atomic E-state index is 13.6. The second-order valence-electron chi connectivity index (χ2n) is 6.05. The molecular weight excluding hydrogens is 403 g/mol. The standard InChI is InChI=1S/C19H14F3N5OS/c20-12-6-4-11(5-7-12)15-10-27-19(25-15)29-18(26-27)24-9-8-23-17(28)16-13(21)2-1-3-14(16)22/h1-7,10H,8-9H2,(H,23,28)(H,24,26). The van der Waals surface area contributed by atoms with Gasteiger partial charge < -0.3 is 10.6 Å². The topological polar surface area (TPSA) is 71.3 Å². The first-order valence-corrected chi connectivity index (χ1v) is 9.41. The number of anilines is 1. The van der Waals surface area contributed by atoms with Gasteiger partial charge in [-0.2, -0.15) is 0 Å². The zero-order valence-corrected chi connectivity index (χ0v) is 15.6. The van der Waals surface area contributed by atoms with Gasteiger partial charge in [0.25, 0.3) is 5.91 Å². The van der Waals surface area contributed by atoms with Crippen LogP contribution in [0.3, 0.4) is 0 Å². The van der Waals surface area contributed by atoms with Gasteiger partial charge in [-0.15, -0.1) is 5.10 Å². The molecule has 10 heteroatoms. The van der Waals surface area contributed by atoms with E-state index in [0.717, 1.165) is 17.7 Å². The average Bonchev–Trinajstić information content (AvgIpc) is 3.24. The van der Waals surface area contributed by atoms with Gasteiger partial charge >= 0.3 is 0 Å². The molecule has 0 aliphatic carbocycles. The molecule has 4 rings (SSSR count). The molecule has 4 aromatic rings. The van der Waals surface area contributed by atoms with Crippen LogP contribution in [0.15, 0.2) is 48.7 Å². The highest BCUT2D eigenvalue weighted by Crippen LogP contribution is 2.24. The van der Waals surface area contributed by atoms with Gasteiger partial charge in [0.15, 0.2) is 0 Å². The molecule has 0 aliphatic heterocycles. The monoisotopic (exact) mass is 417 g/mol. The number of amides is 1. The number of aromatic nitrogens is 3. The van der Waals surface area contributed by atoms with Crippen molar-refractivity contribution >= 4 is 27.3 Å². The second kappa shape index (κ2) is 7.92. The zero-order chi connectivity index (χ0) is 20.4. The number of halogens is 3. The Morgan fingerprint density at radius 3 is 2.45 bits per heavy atom. The Labute approximate surface area is 167 Å². The van der Waals surface area contributed by atoms with Gasteiger partial charge in [-0.05, 0) is 36.4 Å². The summed E-state index contributed by atoms with van der Waals surface area (Å²) >= 11 is 1.30. The summed E-state index contributed by atoms with van der Waals surface area (Å²) in [4.78, 5) is 17.0. The summed E-state index contributed by atoms with van der Waals surface area (Å²) in [6.07, 6.45) is 1.73. The third-order valence-electron chi connectivity index (χ3n) is 4.06. The van der Waals surface area contributed by atoms with Gasteiger partial charge in [-0.1, -0.05) is 17.4 Å². The van der Waals surface area contributed by atoms with Crippen LogP contribution in [0.2, 0.25) is 0 Å². The molecule has 0 unspecified atom stereocenters. The molecule has 2 aromatic heterocycles. The molecule has 0 radical (unpaired) electrons. The number of hydrogen-bond acceptors (Lipinski definition) is 5. The van der Waals surface area contributed by atoms with E-state index in [9.17, 15) is 18.0 Å². The van der Waals surface area contributed by atoms with Gasteiger partial charge in [-0.3, -0.25) is 4.79 Å². The average molecular weight is 417 g/mol. The fourth-order valence-electron chi connectivity index (χ4n) is 2.68. The van der Waals surface area contributed by atoms with E-state index < -0.39 is 23.1 Å². The lowest BCUT2D eigenvalue weighted by molar-refractivity contribution is 0.0946. The number of nitrogens with zero attached hydrogens (tertiary/aromatic N) is 3. The van der Waals surface area contributed by atoms with Crippen LogP contribution in [-0.4, -0.2) is 33.6 Å². The van der Waals surface area contributed by atoms with Crippen molar-refractivity contribution in [2.75, 3.05) is 18.4 Å². The van der Waals surface area contributed by atoms with Crippen LogP contribution < -0.4 is 10.6 Å². The van der Waals surface area contributed by atoms with Crippen molar-refractivity contribution in [2.45, 2.75) is 0 Å². The van der Waals surface area contributed by atoms with Crippen LogP contribution in [-0.2, 0) is 0 Å². The van der Waals surface area contributed by atoms with Gasteiger partial charge in [0.1, 0.15) is 23.0 Å². The molecule has 2 aromatic carbocycles. The number of imidazole rings is 1. The number of fused-ring (bicyclic) bond motifs is 1. The molecule has 1 amide bonds. The third kappa shape index (κ3) is 4.06. The Morgan fingerprint density at radius 1 is 1.03 bits per heavy atom. The largest absolute Gasteiger partial charge is 0.358 e. The first kappa shape index (κ1) is 18.9. The van der Waals surface area contributed by atoms with E-state index in [0.29, 0.717) is 22.3 Å². The first-order valence-electron chi connectivity index (χ1n) is 8.59. The Hall–Kier alpha value is -3.40. The Morgan fingerprint density at radius 2 is 1.76 bits per heavy atom. The van der Waals surface area contributed by atoms with Crippen LogP contribution in [0.4, 0.5) is 18.3 Å². The summed E-state index contributed by atoms with van der Waals surface area (Å²) in [6, 6.07) is 9.27. The molecule has 6 nitrogen and oxygen atoms in total. The Balaban J connectivity index is 1.34. The molecule has 2 heterocycles. The summed E-state index contributed by atoms with van der Waals surface area (Å²) < 4.78 is 41.8. The Bertz CT molecular complexity index is 1120. The molecule has 0 spiro atoms. The van der Waals surface area contributed by atoms with E-state index >= 15 is 0 Å². The van der Waals surface area contributed by atoms with Crippen LogP contribution in [0.25, 0.3) is 16.2 Å². The summed E-state index contributed by atoms with van der Waals surface area (Å²) in [7, 11) is 0. The number of carbonyl (C=O) groups excluding carboxylic acids is 1. The summed E-state index contributed by atoms with van der Waals surface area (Å²) in [5, 5.41) is 10.4. The van der Waals surface area contributed by atoms with Crippen molar-refractivity contribution in [1.29, 1.82) is 0 Å². The summed E-state index contributed by atoms with van der Waals surface area (Å²) in [6.45, 7) is 0.457. The highest BCUT2D eigenvalue weighted by Gasteiger charge is 2.16. The number of benzene rings is 2. The molecule has 2 N–H and O–H groups in total. The quantitative estimate of drug-likeness (QED) is 0.469.